The zero-order valence-electron chi connectivity index (χ0n) is 12.3. The molecule has 2 rings (SSSR count). The third-order valence-corrected chi connectivity index (χ3v) is 4.33. The average Bonchev–Trinajstić information content (AvgIpc) is 2.52. The number of hydrogen-bond acceptors (Lipinski definition) is 4. The number of methoxy groups -OCH3 is 1. The lowest BCUT2D eigenvalue weighted by molar-refractivity contribution is 0.415. The average molecular weight is 313 g/mol. The molecule has 0 fully saturated rings. The summed E-state index contributed by atoms with van der Waals surface area (Å²) in [6.45, 7) is 0. The number of nitrogens with zero attached hydrogens (tertiary/aromatic N) is 1. The van der Waals surface area contributed by atoms with Gasteiger partial charge in [-0.3, -0.25) is 0 Å². The van der Waals surface area contributed by atoms with Gasteiger partial charge >= 0.3 is 0 Å². The summed E-state index contributed by atoms with van der Waals surface area (Å²) >= 11 is 0. The van der Waals surface area contributed by atoms with Crippen LogP contribution in [0.3, 0.4) is 0 Å². The standard InChI is InChI=1S/C17H15NO3S/c1-21-15-7-3-13(4-8-15)17(11-12-18)14-5-9-16(10-6-14)22(2,19)20/h3-11H,1-2H3. The van der Waals surface area contributed by atoms with E-state index in [9.17, 15) is 8.42 Å². The summed E-state index contributed by atoms with van der Waals surface area (Å²) in [5.41, 5.74) is 2.36. The van der Waals surface area contributed by atoms with Crippen LogP contribution in [-0.4, -0.2) is 21.8 Å². The van der Waals surface area contributed by atoms with Gasteiger partial charge in [-0.15, -0.1) is 0 Å². The second-order valence-corrected chi connectivity index (χ2v) is 6.73. The Bertz CT molecular complexity index is 827. The number of allylic oxidation sites excluding steroid dienone is 1. The van der Waals surface area contributed by atoms with Crippen LogP contribution in [0.5, 0.6) is 5.75 Å². The van der Waals surface area contributed by atoms with Crippen molar-refractivity contribution in [1.29, 1.82) is 5.26 Å². The van der Waals surface area contributed by atoms with E-state index in [1.165, 1.54) is 6.08 Å². The fourth-order valence-corrected chi connectivity index (χ4v) is 2.68. The lowest BCUT2D eigenvalue weighted by Gasteiger charge is -2.09. The molecule has 0 saturated heterocycles. The molecule has 2 aromatic rings. The van der Waals surface area contributed by atoms with E-state index >= 15 is 0 Å². The third-order valence-electron chi connectivity index (χ3n) is 3.20. The fourth-order valence-electron chi connectivity index (χ4n) is 2.05. The van der Waals surface area contributed by atoms with Gasteiger partial charge in [0, 0.05) is 12.3 Å². The molecule has 0 N–H and O–H groups in total. The summed E-state index contributed by atoms with van der Waals surface area (Å²) in [7, 11) is -1.64. The number of hydrogen-bond donors (Lipinski definition) is 0. The molecule has 5 heteroatoms. The van der Waals surface area contributed by atoms with Crippen molar-refractivity contribution >= 4 is 15.4 Å². The molecule has 0 unspecified atom stereocenters. The van der Waals surface area contributed by atoms with Crippen molar-refractivity contribution in [3.05, 3.63) is 65.7 Å². The Morgan fingerprint density at radius 3 is 1.95 bits per heavy atom. The van der Waals surface area contributed by atoms with E-state index < -0.39 is 9.84 Å². The van der Waals surface area contributed by atoms with Gasteiger partial charge in [-0.2, -0.15) is 5.26 Å². The van der Waals surface area contributed by atoms with Gasteiger partial charge in [0.25, 0.3) is 0 Å². The Hall–Kier alpha value is -2.58. The van der Waals surface area contributed by atoms with Crippen molar-refractivity contribution < 1.29 is 13.2 Å². The van der Waals surface area contributed by atoms with Crippen LogP contribution in [0.1, 0.15) is 11.1 Å². The first kappa shape index (κ1) is 15.8. The van der Waals surface area contributed by atoms with Crippen LogP contribution in [0.25, 0.3) is 5.57 Å². The number of ether oxygens (including phenoxy) is 1. The minimum Gasteiger partial charge on any atom is -0.497 e. The smallest absolute Gasteiger partial charge is 0.175 e. The summed E-state index contributed by atoms with van der Waals surface area (Å²) in [4.78, 5) is 0.252. The molecule has 4 nitrogen and oxygen atoms in total. The summed E-state index contributed by atoms with van der Waals surface area (Å²) in [6, 6.07) is 15.8. The van der Waals surface area contributed by atoms with Crippen molar-refractivity contribution in [3.8, 4) is 11.8 Å². The van der Waals surface area contributed by atoms with Crippen molar-refractivity contribution in [2.75, 3.05) is 13.4 Å². The molecule has 0 aliphatic heterocycles. The molecule has 0 aromatic heterocycles. The molecule has 0 heterocycles. The Morgan fingerprint density at radius 1 is 1.05 bits per heavy atom. The Labute approximate surface area is 130 Å². The number of sulfone groups is 1. The van der Waals surface area contributed by atoms with Crippen molar-refractivity contribution in [2.24, 2.45) is 0 Å². The van der Waals surface area contributed by atoms with Gasteiger partial charge in [0.2, 0.25) is 0 Å². The van der Waals surface area contributed by atoms with Crippen LogP contribution in [0.2, 0.25) is 0 Å². The molecule has 0 saturated carbocycles. The van der Waals surface area contributed by atoms with Gasteiger partial charge < -0.3 is 4.74 Å². The van der Waals surface area contributed by atoms with Crippen molar-refractivity contribution in [3.63, 3.8) is 0 Å². The molecule has 0 aliphatic carbocycles. The summed E-state index contributed by atoms with van der Waals surface area (Å²) in [5, 5.41) is 9.00. The second-order valence-electron chi connectivity index (χ2n) is 4.71. The SMILES string of the molecule is COc1ccc(C(=CC#N)c2ccc(S(C)(=O)=O)cc2)cc1. The molecular weight excluding hydrogens is 298 g/mol. The second kappa shape index (κ2) is 6.46. The summed E-state index contributed by atoms with van der Waals surface area (Å²) in [5.74, 6) is 0.729. The minimum atomic E-state index is -3.23. The molecule has 0 amide bonds. The van der Waals surface area contributed by atoms with E-state index in [1.54, 1.807) is 31.4 Å². The maximum absolute atomic E-state index is 11.5. The molecule has 0 bridgehead atoms. The minimum absolute atomic E-state index is 0.252. The number of rotatable bonds is 4. The van der Waals surface area contributed by atoms with Gasteiger partial charge in [0.15, 0.2) is 9.84 Å². The van der Waals surface area contributed by atoms with E-state index in [2.05, 4.69) is 0 Å². The zero-order valence-corrected chi connectivity index (χ0v) is 13.1. The van der Waals surface area contributed by atoms with Crippen LogP contribution in [0, 0.1) is 11.3 Å². The van der Waals surface area contributed by atoms with Crippen LogP contribution >= 0.6 is 0 Å². The van der Waals surface area contributed by atoms with Gasteiger partial charge in [0.05, 0.1) is 18.1 Å². The number of nitriles is 1. The Balaban J connectivity index is 2.44. The Morgan fingerprint density at radius 2 is 1.55 bits per heavy atom. The van der Waals surface area contributed by atoms with Gasteiger partial charge in [0.1, 0.15) is 5.75 Å². The van der Waals surface area contributed by atoms with Gasteiger partial charge in [-0.25, -0.2) is 8.42 Å². The largest absolute Gasteiger partial charge is 0.497 e. The van der Waals surface area contributed by atoms with Crippen LogP contribution in [0.4, 0.5) is 0 Å². The first-order valence-corrected chi connectivity index (χ1v) is 8.39. The molecule has 0 spiro atoms. The maximum Gasteiger partial charge on any atom is 0.175 e. The van der Waals surface area contributed by atoms with Crippen LogP contribution in [-0.2, 0) is 9.84 Å². The van der Waals surface area contributed by atoms with Crippen molar-refractivity contribution in [2.45, 2.75) is 4.90 Å². The Kier molecular flexibility index (Phi) is 4.64. The van der Waals surface area contributed by atoms with Gasteiger partial charge in [-0.1, -0.05) is 24.3 Å². The quantitative estimate of drug-likeness (QED) is 0.814. The lowest BCUT2D eigenvalue weighted by atomic mass is 9.98. The number of benzene rings is 2. The predicted octanol–water partition coefficient (Wildman–Crippen LogP) is 3.05. The van der Waals surface area contributed by atoms with Crippen molar-refractivity contribution in [1.82, 2.24) is 0 Å². The highest BCUT2D eigenvalue weighted by atomic mass is 32.2. The molecular formula is C17H15NO3S. The molecule has 22 heavy (non-hydrogen) atoms. The zero-order chi connectivity index (χ0) is 16.2. The van der Waals surface area contributed by atoms with Crippen LogP contribution in [0.15, 0.2) is 59.5 Å². The van der Waals surface area contributed by atoms with E-state index in [-0.39, 0.29) is 4.90 Å². The van der Waals surface area contributed by atoms with Crippen LogP contribution < -0.4 is 4.74 Å². The van der Waals surface area contributed by atoms with E-state index in [0.29, 0.717) is 0 Å². The monoisotopic (exact) mass is 313 g/mol. The predicted molar refractivity (Wildman–Crippen MR) is 85.2 cm³/mol. The molecule has 0 radical (unpaired) electrons. The topological polar surface area (TPSA) is 67.2 Å². The van der Waals surface area contributed by atoms with E-state index in [0.717, 1.165) is 28.7 Å². The summed E-state index contributed by atoms with van der Waals surface area (Å²) in [6.07, 6.45) is 2.61. The fraction of sp³-hybridized carbons (Fsp3) is 0.118. The lowest BCUT2D eigenvalue weighted by Crippen LogP contribution is -1.97. The highest BCUT2D eigenvalue weighted by Gasteiger charge is 2.09. The highest BCUT2D eigenvalue weighted by molar-refractivity contribution is 7.90. The molecule has 0 aliphatic rings. The van der Waals surface area contributed by atoms with Gasteiger partial charge in [-0.05, 0) is 41.0 Å². The normalized spacial score (nSPS) is 11.8. The summed E-state index contributed by atoms with van der Waals surface area (Å²) < 4.78 is 28.1. The van der Waals surface area contributed by atoms with E-state index in [1.807, 2.05) is 30.3 Å². The maximum atomic E-state index is 11.5. The molecule has 0 atom stereocenters. The molecule has 112 valence electrons. The first-order valence-electron chi connectivity index (χ1n) is 6.50. The highest BCUT2D eigenvalue weighted by Crippen LogP contribution is 2.26. The van der Waals surface area contributed by atoms with E-state index in [4.69, 9.17) is 10.00 Å². The third kappa shape index (κ3) is 3.54. The molecule has 2 aromatic carbocycles. The first-order chi connectivity index (χ1) is 10.5.